The first kappa shape index (κ1) is 26.2. The minimum absolute atomic E-state index is 0.765. The summed E-state index contributed by atoms with van der Waals surface area (Å²) in [5, 5.41) is 5.97. The van der Waals surface area contributed by atoms with Crippen molar-refractivity contribution >= 4 is 60.7 Å². The summed E-state index contributed by atoms with van der Waals surface area (Å²) in [6.45, 7) is 0. The summed E-state index contributed by atoms with van der Waals surface area (Å²) in [5.74, 6) is 0. The molecular formula is C43H28N2O. The van der Waals surface area contributed by atoms with Crippen molar-refractivity contribution in [3.63, 3.8) is 0 Å². The van der Waals surface area contributed by atoms with E-state index >= 15 is 0 Å². The topological polar surface area (TPSA) is 29.3 Å². The van der Waals surface area contributed by atoms with Crippen LogP contribution < -0.4 is 4.90 Å². The number of para-hydroxylation sites is 1. The highest BCUT2D eigenvalue weighted by Gasteiger charge is 2.20. The highest BCUT2D eigenvalue weighted by molar-refractivity contribution is 6.08. The van der Waals surface area contributed by atoms with Gasteiger partial charge in [-0.3, -0.25) is 4.98 Å². The van der Waals surface area contributed by atoms with Crippen LogP contribution in [-0.2, 0) is 0 Å². The molecule has 2 aromatic heterocycles. The van der Waals surface area contributed by atoms with E-state index in [1.165, 1.54) is 43.8 Å². The average Bonchev–Trinajstić information content (AvgIpc) is 3.51. The number of hydrogen-bond donors (Lipinski definition) is 0. The Hall–Kier alpha value is -6.19. The lowest BCUT2D eigenvalue weighted by molar-refractivity contribution is 0.668. The molecule has 0 N–H and O–H groups in total. The third kappa shape index (κ3) is 4.49. The van der Waals surface area contributed by atoms with Crippen molar-refractivity contribution in [3.8, 4) is 22.3 Å². The summed E-state index contributed by atoms with van der Waals surface area (Å²) in [7, 11) is 0. The second kappa shape index (κ2) is 10.8. The number of benzene rings is 7. The van der Waals surface area contributed by atoms with Crippen LogP contribution in [-0.4, -0.2) is 4.98 Å². The Bertz CT molecular complexity index is 2410. The van der Waals surface area contributed by atoms with Crippen molar-refractivity contribution in [2.45, 2.75) is 0 Å². The molecular weight excluding hydrogens is 560 g/mol. The number of rotatable bonds is 5. The Morgan fingerprint density at radius 3 is 1.52 bits per heavy atom. The SMILES string of the molecule is c1ccc2cc(-c3ccc(N(c4ccc(-c5ccc6ccccc6c5)cc4)c4ccnc5c4oc4ccccc45)cc3)ccc2c1. The highest BCUT2D eigenvalue weighted by atomic mass is 16.3. The molecule has 3 heteroatoms. The third-order valence-electron chi connectivity index (χ3n) is 8.90. The van der Waals surface area contributed by atoms with E-state index in [-0.39, 0.29) is 0 Å². The summed E-state index contributed by atoms with van der Waals surface area (Å²) in [5.41, 5.74) is 10.2. The van der Waals surface area contributed by atoms with Gasteiger partial charge in [0, 0.05) is 23.0 Å². The van der Waals surface area contributed by atoms with E-state index < -0.39 is 0 Å². The molecule has 0 radical (unpaired) electrons. The highest BCUT2D eigenvalue weighted by Crippen LogP contribution is 2.42. The molecule has 0 aliphatic carbocycles. The van der Waals surface area contributed by atoms with Crippen molar-refractivity contribution in [3.05, 3.63) is 170 Å². The van der Waals surface area contributed by atoms with Crippen molar-refractivity contribution in [2.24, 2.45) is 0 Å². The molecule has 46 heavy (non-hydrogen) atoms. The normalized spacial score (nSPS) is 11.5. The minimum Gasteiger partial charge on any atom is -0.452 e. The van der Waals surface area contributed by atoms with E-state index in [1.54, 1.807) is 0 Å². The van der Waals surface area contributed by atoms with Gasteiger partial charge in [0.1, 0.15) is 11.1 Å². The lowest BCUT2D eigenvalue weighted by atomic mass is 10.00. The van der Waals surface area contributed by atoms with Crippen LogP contribution >= 0.6 is 0 Å². The van der Waals surface area contributed by atoms with Crippen molar-refractivity contribution in [1.82, 2.24) is 4.98 Å². The van der Waals surface area contributed by atoms with Gasteiger partial charge in [-0.1, -0.05) is 109 Å². The first-order chi connectivity index (χ1) is 22.8. The zero-order valence-corrected chi connectivity index (χ0v) is 25.0. The van der Waals surface area contributed by atoms with Gasteiger partial charge in [0.05, 0.1) is 5.69 Å². The molecule has 2 heterocycles. The summed E-state index contributed by atoms with van der Waals surface area (Å²) >= 11 is 0. The smallest absolute Gasteiger partial charge is 0.177 e. The number of nitrogens with zero attached hydrogens (tertiary/aromatic N) is 2. The molecule has 0 fully saturated rings. The van der Waals surface area contributed by atoms with Gasteiger partial charge >= 0.3 is 0 Å². The second-order valence-electron chi connectivity index (χ2n) is 11.7. The van der Waals surface area contributed by atoms with E-state index in [0.29, 0.717) is 0 Å². The van der Waals surface area contributed by atoms with E-state index in [2.05, 4.69) is 144 Å². The lowest BCUT2D eigenvalue weighted by Gasteiger charge is -2.26. The van der Waals surface area contributed by atoms with Crippen LogP contribution in [0.1, 0.15) is 0 Å². The quantitative estimate of drug-likeness (QED) is 0.200. The zero-order valence-electron chi connectivity index (χ0n) is 25.0. The molecule has 9 rings (SSSR count). The summed E-state index contributed by atoms with van der Waals surface area (Å²) in [6.07, 6.45) is 1.87. The van der Waals surface area contributed by atoms with Crippen molar-refractivity contribution < 1.29 is 4.42 Å². The second-order valence-corrected chi connectivity index (χ2v) is 11.7. The van der Waals surface area contributed by atoms with Gasteiger partial charge in [0.15, 0.2) is 5.58 Å². The van der Waals surface area contributed by atoms with Gasteiger partial charge in [-0.15, -0.1) is 0 Å². The van der Waals surface area contributed by atoms with Crippen LogP contribution in [0.5, 0.6) is 0 Å². The number of pyridine rings is 1. The molecule has 0 bridgehead atoms. The number of anilines is 3. The van der Waals surface area contributed by atoms with Crippen LogP contribution in [0.15, 0.2) is 174 Å². The van der Waals surface area contributed by atoms with Gasteiger partial charge in [-0.2, -0.15) is 0 Å². The molecule has 7 aromatic carbocycles. The molecule has 0 saturated carbocycles. The fraction of sp³-hybridized carbons (Fsp3) is 0. The molecule has 216 valence electrons. The summed E-state index contributed by atoms with van der Waals surface area (Å²) in [6, 6.07) is 58.0. The largest absolute Gasteiger partial charge is 0.452 e. The van der Waals surface area contributed by atoms with Crippen LogP contribution in [0.25, 0.3) is 65.9 Å². The summed E-state index contributed by atoms with van der Waals surface area (Å²) in [4.78, 5) is 7.00. The fourth-order valence-corrected chi connectivity index (χ4v) is 6.54. The van der Waals surface area contributed by atoms with Crippen molar-refractivity contribution in [1.29, 1.82) is 0 Å². The molecule has 0 aliphatic rings. The fourth-order valence-electron chi connectivity index (χ4n) is 6.54. The Labute approximate surface area is 266 Å². The average molecular weight is 589 g/mol. The first-order valence-corrected chi connectivity index (χ1v) is 15.5. The Balaban J connectivity index is 1.16. The standard InChI is InChI=1S/C43H28N2O/c1-3-9-33-27-35(15-13-29(33)7-1)31-17-21-37(22-18-31)45(40-25-26-44-42-39-11-5-6-12-41(39)46-43(40)42)38-23-19-32(20-24-38)36-16-14-30-8-2-4-10-34(30)28-36/h1-28H. The molecule has 0 saturated heterocycles. The number of fused-ring (bicyclic) bond motifs is 5. The lowest BCUT2D eigenvalue weighted by Crippen LogP contribution is -2.10. The van der Waals surface area contributed by atoms with Gasteiger partial charge in [0.2, 0.25) is 0 Å². The molecule has 0 atom stereocenters. The maximum absolute atomic E-state index is 6.47. The first-order valence-electron chi connectivity index (χ1n) is 15.5. The maximum atomic E-state index is 6.47. The molecule has 0 aliphatic heterocycles. The van der Waals surface area contributed by atoms with Crippen LogP contribution in [0.4, 0.5) is 17.1 Å². The van der Waals surface area contributed by atoms with Crippen LogP contribution in [0.2, 0.25) is 0 Å². The number of hydrogen-bond acceptors (Lipinski definition) is 3. The van der Waals surface area contributed by atoms with Crippen molar-refractivity contribution in [2.75, 3.05) is 4.90 Å². The van der Waals surface area contributed by atoms with Crippen LogP contribution in [0, 0.1) is 0 Å². The minimum atomic E-state index is 0.765. The third-order valence-corrected chi connectivity index (χ3v) is 8.90. The monoisotopic (exact) mass is 588 g/mol. The molecule has 3 nitrogen and oxygen atoms in total. The molecule has 0 spiro atoms. The predicted octanol–water partition coefficient (Wildman–Crippen LogP) is 12.1. The molecule has 0 unspecified atom stereocenters. The number of furan rings is 1. The van der Waals surface area contributed by atoms with Gasteiger partial charge in [0.25, 0.3) is 0 Å². The van der Waals surface area contributed by atoms with Crippen LogP contribution in [0.3, 0.4) is 0 Å². The number of aromatic nitrogens is 1. The van der Waals surface area contributed by atoms with E-state index in [4.69, 9.17) is 9.40 Å². The maximum Gasteiger partial charge on any atom is 0.177 e. The zero-order chi connectivity index (χ0) is 30.5. The van der Waals surface area contributed by atoms with E-state index in [9.17, 15) is 0 Å². The Morgan fingerprint density at radius 1 is 0.435 bits per heavy atom. The van der Waals surface area contributed by atoms with Gasteiger partial charge < -0.3 is 9.32 Å². The summed E-state index contributed by atoms with van der Waals surface area (Å²) < 4.78 is 6.47. The molecule has 9 aromatic rings. The molecule has 0 amide bonds. The Morgan fingerprint density at radius 2 is 0.935 bits per heavy atom. The Kier molecular flexibility index (Phi) is 6.14. The predicted molar refractivity (Wildman–Crippen MR) is 192 cm³/mol. The van der Waals surface area contributed by atoms with E-state index in [1.807, 2.05) is 30.5 Å². The van der Waals surface area contributed by atoms with Gasteiger partial charge in [-0.05, 0) is 98.4 Å². The van der Waals surface area contributed by atoms with E-state index in [0.717, 1.165) is 39.1 Å². The van der Waals surface area contributed by atoms with Gasteiger partial charge in [-0.25, -0.2) is 0 Å².